The molecule has 7 heteroatoms. The van der Waals surface area contributed by atoms with Gasteiger partial charge in [0.2, 0.25) is 0 Å². The van der Waals surface area contributed by atoms with Gasteiger partial charge in [-0.3, -0.25) is 9.69 Å². The molecule has 1 aliphatic heterocycles. The molecule has 1 amide bonds. The lowest BCUT2D eigenvalue weighted by molar-refractivity contribution is 0.0577. The van der Waals surface area contributed by atoms with Crippen LogP contribution in [0.15, 0.2) is 24.3 Å². The van der Waals surface area contributed by atoms with Crippen molar-refractivity contribution >= 4 is 17.2 Å². The number of benzene rings is 1. The first-order valence-corrected chi connectivity index (χ1v) is 10.8. The lowest BCUT2D eigenvalue weighted by Crippen LogP contribution is -2.51. The molecule has 1 aromatic carbocycles. The molecule has 150 valence electrons. The molecule has 0 unspecified atom stereocenters. The Kier molecular flexibility index (Phi) is 5.92. The first-order chi connectivity index (χ1) is 13.6. The van der Waals surface area contributed by atoms with Crippen LogP contribution in [-0.4, -0.2) is 52.9 Å². The molecule has 1 aromatic heterocycles. The van der Waals surface area contributed by atoms with E-state index in [0.717, 1.165) is 42.9 Å². The van der Waals surface area contributed by atoms with Gasteiger partial charge in [-0.05, 0) is 44.0 Å². The Morgan fingerprint density at radius 1 is 1.18 bits per heavy atom. The van der Waals surface area contributed by atoms with Crippen LogP contribution in [0.2, 0.25) is 0 Å². The molecule has 2 heterocycles. The fraction of sp³-hybridized carbons (Fsp3) is 0.524. The quantitative estimate of drug-likeness (QED) is 0.760. The van der Waals surface area contributed by atoms with Crippen molar-refractivity contribution < 1.29 is 13.9 Å². The fourth-order valence-electron chi connectivity index (χ4n) is 4.09. The Morgan fingerprint density at radius 3 is 2.54 bits per heavy atom. The zero-order chi connectivity index (χ0) is 19.5. The SMILES string of the molecule is Cc1nc(COc2ccc(F)cc2)sc1C(=O)N1CCN(C2CCCC2)CC1. The number of ether oxygens (including phenoxy) is 1. The summed E-state index contributed by atoms with van der Waals surface area (Å²) in [5, 5.41) is 0.759. The lowest BCUT2D eigenvalue weighted by Gasteiger charge is -2.37. The second-order valence-electron chi connectivity index (χ2n) is 7.53. The number of thiazole rings is 1. The number of hydrogen-bond donors (Lipinski definition) is 0. The van der Waals surface area contributed by atoms with Gasteiger partial charge in [-0.15, -0.1) is 11.3 Å². The average Bonchev–Trinajstić information content (AvgIpc) is 3.37. The predicted octanol–water partition coefficient (Wildman–Crippen LogP) is 3.87. The van der Waals surface area contributed by atoms with E-state index in [2.05, 4.69) is 9.88 Å². The summed E-state index contributed by atoms with van der Waals surface area (Å²) in [6.45, 7) is 5.66. The number of piperazine rings is 1. The van der Waals surface area contributed by atoms with E-state index in [1.54, 1.807) is 12.1 Å². The summed E-state index contributed by atoms with van der Waals surface area (Å²) in [6.07, 6.45) is 5.29. The summed E-state index contributed by atoms with van der Waals surface area (Å²) in [6, 6.07) is 6.63. The van der Waals surface area contributed by atoms with E-state index in [4.69, 9.17) is 4.74 Å². The van der Waals surface area contributed by atoms with E-state index in [9.17, 15) is 9.18 Å². The minimum absolute atomic E-state index is 0.0779. The second kappa shape index (κ2) is 8.57. The van der Waals surface area contributed by atoms with Gasteiger partial charge in [0.25, 0.3) is 5.91 Å². The highest BCUT2D eigenvalue weighted by Crippen LogP contribution is 2.26. The van der Waals surface area contributed by atoms with Crippen molar-refractivity contribution in [2.45, 2.75) is 45.3 Å². The summed E-state index contributed by atoms with van der Waals surface area (Å²) in [5.74, 6) is 0.373. The second-order valence-corrected chi connectivity index (χ2v) is 8.61. The van der Waals surface area contributed by atoms with Crippen molar-refractivity contribution in [3.05, 3.63) is 45.7 Å². The molecule has 2 aliphatic rings. The Morgan fingerprint density at radius 2 is 1.86 bits per heavy atom. The third-order valence-corrected chi connectivity index (χ3v) is 6.77. The van der Waals surface area contributed by atoms with Crippen molar-refractivity contribution in [2.24, 2.45) is 0 Å². The molecule has 0 atom stereocenters. The van der Waals surface area contributed by atoms with Crippen LogP contribution >= 0.6 is 11.3 Å². The highest BCUT2D eigenvalue weighted by Gasteiger charge is 2.29. The summed E-state index contributed by atoms with van der Waals surface area (Å²) >= 11 is 1.39. The monoisotopic (exact) mass is 403 g/mol. The first-order valence-electron chi connectivity index (χ1n) is 9.98. The summed E-state index contributed by atoms with van der Waals surface area (Å²) in [5.41, 5.74) is 0.755. The van der Waals surface area contributed by atoms with Gasteiger partial charge in [-0.25, -0.2) is 9.37 Å². The van der Waals surface area contributed by atoms with E-state index in [1.165, 1.54) is 49.2 Å². The predicted molar refractivity (Wildman–Crippen MR) is 107 cm³/mol. The normalized spacial score (nSPS) is 18.6. The van der Waals surface area contributed by atoms with Gasteiger partial charge in [0.15, 0.2) is 0 Å². The average molecular weight is 404 g/mol. The van der Waals surface area contributed by atoms with E-state index in [0.29, 0.717) is 10.6 Å². The number of halogens is 1. The van der Waals surface area contributed by atoms with Gasteiger partial charge in [0.1, 0.15) is 28.1 Å². The van der Waals surface area contributed by atoms with Crippen LogP contribution in [0, 0.1) is 12.7 Å². The molecule has 28 heavy (non-hydrogen) atoms. The standard InChI is InChI=1S/C21H26FN3O2S/c1-15-20(28-19(23-15)14-27-18-8-6-16(22)7-9-18)21(26)25-12-10-24(11-13-25)17-4-2-3-5-17/h6-9,17H,2-5,10-14H2,1H3. The van der Waals surface area contributed by atoms with Crippen LogP contribution in [0.5, 0.6) is 5.75 Å². The van der Waals surface area contributed by atoms with Crippen molar-refractivity contribution in [3.63, 3.8) is 0 Å². The minimum Gasteiger partial charge on any atom is -0.486 e. The zero-order valence-corrected chi connectivity index (χ0v) is 17.0. The minimum atomic E-state index is -0.293. The molecular weight excluding hydrogens is 377 g/mol. The summed E-state index contributed by atoms with van der Waals surface area (Å²) < 4.78 is 18.6. The van der Waals surface area contributed by atoms with Crippen LogP contribution in [0.1, 0.15) is 46.1 Å². The first kappa shape index (κ1) is 19.3. The molecule has 5 nitrogen and oxygen atoms in total. The smallest absolute Gasteiger partial charge is 0.265 e. The third-order valence-electron chi connectivity index (χ3n) is 5.65. The number of carbonyl (C=O) groups excluding carboxylic acids is 1. The Bertz CT molecular complexity index is 810. The molecule has 0 radical (unpaired) electrons. The molecule has 2 fully saturated rings. The Balaban J connectivity index is 1.33. The van der Waals surface area contributed by atoms with Crippen molar-refractivity contribution in [1.29, 1.82) is 0 Å². The highest BCUT2D eigenvalue weighted by molar-refractivity contribution is 7.13. The summed E-state index contributed by atoms with van der Waals surface area (Å²) in [7, 11) is 0. The zero-order valence-electron chi connectivity index (χ0n) is 16.2. The number of rotatable bonds is 5. The van der Waals surface area contributed by atoms with E-state index in [-0.39, 0.29) is 18.3 Å². The van der Waals surface area contributed by atoms with Crippen LogP contribution in [-0.2, 0) is 6.61 Å². The van der Waals surface area contributed by atoms with Crippen molar-refractivity contribution in [2.75, 3.05) is 26.2 Å². The van der Waals surface area contributed by atoms with Gasteiger partial charge in [0.05, 0.1) is 5.69 Å². The lowest BCUT2D eigenvalue weighted by atomic mass is 10.1. The van der Waals surface area contributed by atoms with Gasteiger partial charge in [0, 0.05) is 32.2 Å². The van der Waals surface area contributed by atoms with Crippen molar-refractivity contribution in [1.82, 2.24) is 14.8 Å². The number of aromatic nitrogens is 1. The number of nitrogens with zero attached hydrogens (tertiary/aromatic N) is 3. The maximum atomic E-state index is 13.0. The number of carbonyl (C=O) groups is 1. The van der Waals surface area contributed by atoms with Crippen molar-refractivity contribution in [3.8, 4) is 5.75 Å². The van der Waals surface area contributed by atoms with Gasteiger partial charge >= 0.3 is 0 Å². The molecule has 0 bridgehead atoms. The maximum absolute atomic E-state index is 13.0. The maximum Gasteiger partial charge on any atom is 0.265 e. The molecule has 1 aliphatic carbocycles. The Hall–Kier alpha value is -1.99. The Labute approximate surface area is 169 Å². The molecule has 0 spiro atoms. The fourth-order valence-corrected chi connectivity index (χ4v) is 5.04. The van der Waals surface area contributed by atoms with Gasteiger partial charge in [-0.2, -0.15) is 0 Å². The summed E-state index contributed by atoms with van der Waals surface area (Å²) in [4.78, 5) is 22.7. The third kappa shape index (κ3) is 4.36. The van der Waals surface area contributed by atoms with E-state index in [1.807, 2.05) is 11.8 Å². The van der Waals surface area contributed by atoms with Crippen LogP contribution in [0.4, 0.5) is 4.39 Å². The molecule has 4 rings (SSSR count). The topological polar surface area (TPSA) is 45.7 Å². The van der Waals surface area contributed by atoms with E-state index >= 15 is 0 Å². The van der Waals surface area contributed by atoms with E-state index < -0.39 is 0 Å². The van der Waals surface area contributed by atoms with Gasteiger partial charge in [-0.1, -0.05) is 12.8 Å². The van der Waals surface area contributed by atoms with Crippen LogP contribution < -0.4 is 4.74 Å². The number of hydrogen-bond acceptors (Lipinski definition) is 5. The molecule has 1 saturated heterocycles. The van der Waals surface area contributed by atoms with Crippen LogP contribution in [0.25, 0.3) is 0 Å². The molecular formula is C21H26FN3O2S. The molecule has 0 N–H and O–H groups in total. The molecule has 2 aromatic rings. The van der Waals surface area contributed by atoms with Gasteiger partial charge < -0.3 is 9.64 Å². The molecule has 1 saturated carbocycles. The highest BCUT2D eigenvalue weighted by atomic mass is 32.1. The number of amides is 1. The largest absolute Gasteiger partial charge is 0.486 e. The van der Waals surface area contributed by atoms with Crippen LogP contribution in [0.3, 0.4) is 0 Å². The number of aryl methyl sites for hydroxylation is 1.